The average Bonchev–Trinajstić information content (AvgIpc) is 3.29. The van der Waals surface area contributed by atoms with Crippen LogP contribution in [0.4, 0.5) is 0 Å². The van der Waals surface area contributed by atoms with E-state index in [1.54, 1.807) is 7.11 Å². The van der Waals surface area contributed by atoms with Gasteiger partial charge < -0.3 is 23.9 Å². The summed E-state index contributed by atoms with van der Waals surface area (Å²) in [6, 6.07) is 13.2. The normalized spacial score (nSPS) is 10.6. The predicted octanol–water partition coefficient (Wildman–Crippen LogP) is 3.99. The third-order valence-electron chi connectivity index (χ3n) is 4.41. The van der Waals surface area contributed by atoms with Gasteiger partial charge in [-0.05, 0) is 62.2 Å². The smallest absolute Gasteiger partial charge is 0.277 e. The number of nitrogens with zero attached hydrogens (tertiary/aromatic N) is 2. The molecule has 2 aromatic carbocycles. The fourth-order valence-electron chi connectivity index (χ4n) is 2.89. The summed E-state index contributed by atoms with van der Waals surface area (Å²) in [6.45, 7) is 5.52. The van der Waals surface area contributed by atoms with Crippen LogP contribution in [0, 0.1) is 0 Å². The van der Waals surface area contributed by atoms with Gasteiger partial charge in [0.2, 0.25) is 11.8 Å². The van der Waals surface area contributed by atoms with E-state index in [9.17, 15) is 4.79 Å². The Labute approximate surface area is 191 Å². The molecule has 32 heavy (non-hydrogen) atoms. The number of carbonyl (C=O) groups is 1. The van der Waals surface area contributed by atoms with Gasteiger partial charge in [-0.15, -0.1) is 10.2 Å². The molecule has 0 fully saturated rings. The van der Waals surface area contributed by atoms with Crippen LogP contribution in [0.3, 0.4) is 0 Å². The summed E-state index contributed by atoms with van der Waals surface area (Å²) in [5.41, 5.74) is 1.85. The molecule has 0 unspecified atom stereocenters. The second-order valence-electron chi connectivity index (χ2n) is 6.64. The third kappa shape index (κ3) is 6.65. The molecular formula is C23H27N3O5S. The predicted molar refractivity (Wildman–Crippen MR) is 123 cm³/mol. The first-order valence-corrected chi connectivity index (χ1v) is 11.4. The SMILES string of the molecule is CCOc1ccc(CCNC(=O)CSc2nnc(-c3ccc(OC)cc3)o2)cc1OCC. The Bertz CT molecular complexity index is 1010. The third-order valence-corrected chi connectivity index (χ3v) is 5.23. The lowest BCUT2D eigenvalue weighted by Crippen LogP contribution is -2.27. The summed E-state index contributed by atoms with van der Waals surface area (Å²) < 4.78 is 22.0. The van der Waals surface area contributed by atoms with E-state index in [0.29, 0.717) is 37.3 Å². The number of aromatic nitrogens is 2. The van der Waals surface area contributed by atoms with E-state index < -0.39 is 0 Å². The maximum atomic E-state index is 12.2. The topological polar surface area (TPSA) is 95.7 Å². The first kappa shape index (κ1) is 23.5. The highest BCUT2D eigenvalue weighted by Gasteiger charge is 2.12. The molecule has 3 aromatic rings. The molecule has 1 heterocycles. The number of nitrogens with one attached hydrogen (secondary N) is 1. The van der Waals surface area contributed by atoms with Gasteiger partial charge in [-0.3, -0.25) is 4.79 Å². The van der Waals surface area contributed by atoms with E-state index in [-0.39, 0.29) is 11.7 Å². The maximum absolute atomic E-state index is 12.2. The van der Waals surface area contributed by atoms with E-state index >= 15 is 0 Å². The molecule has 0 aliphatic rings. The molecule has 0 saturated carbocycles. The molecule has 8 nitrogen and oxygen atoms in total. The lowest BCUT2D eigenvalue weighted by Gasteiger charge is -2.12. The summed E-state index contributed by atoms with van der Waals surface area (Å²) >= 11 is 1.20. The average molecular weight is 458 g/mol. The second kappa shape index (κ2) is 12.0. The Hall–Kier alpha value is -3.20. The van der Waals surface area contributed by atoms with Crippen molar-refractivity contribution < 1.29 is 23.4 Å². The van der Waals surface area contributed by atoms with Gasteiger partial charge in [0.1, 0.15) is 5.75 Å². The number of ether oxygens (including phenoxy) is 3. The van der Waals surface area contributed by atoms with Crippen molar-refractivity contribution in [3.8, 4) is 28.7 Å². The summed E-state index contributed by atoms with van der Waals surface area (Å²) in [5.74, 6) is 2.69. The first-order chi connectivity index (χ1) is 15.6. The quantitative estimate of drug-likeness (QED) is 0.408. The molecule has 0 bridgehead atoms. The van der Waals surface area contributed by atoms with E-state index in [1.807, 2.05) is 56.3 Å². The number of benzene rings is 2. The maximum Gasteiger partial charge on any atom is 0.277 e. The monoisotopic (exact) mass is 457 g/mol. The Morgan fingerprint density at radius 1 is 1.03 bits per heavy atom. The zero-order chi connectivity index (χ0) is 22.8. The van der Waals surface area contributed by atoms with Gasteiger partial charge in [-0.1, -0.05) is 17.8 Å². The summed E-state index contributed by atoms with van der Waals surface area (Å²) in [7, 11) is 1.61. The number of amides is 1. The highest BCUT2D eigenvalue weighted by Crippen LogP contribution is 2.29. The van der Waals surface area contributed by atoms with Crippen LogP contribution >= 0.6 is 11.8 Å². The molecule has 9 heteroatoms. The number of methoxy groups -OCH3 is 1. The van der Waals surface area contributed by atoms with Crippen LogP contribution in [0.5, 0.6) is 17.2 Å². The van der Waals surface area contributed by atoms with Crippen LogP contribution in [0.1, 0.15) is 19.4 Å². The number of thioether (sulfide) groups is 1. The van der Waals surface area contributed by atoms with E-state index in [2.05, 4.69) is 15.5 Å². The number of hydrogen-bond donors (Lipinski definition) is 1. The van der Waals surface area contributed by atoms with Gasteiger partial charge in [0.25, 0.3) is 5.22 Å². The Balaban J connectivity index is 1.44. The van der Waals surface area contributed by atoms with Crippen molar-refractivity contribution in [3.63, 3.8) is 0 Å². The van der Waals surface area contributed by atoms with Crippen LogP contribution in [-0.4, -0.2) is 48.7 Å². The van der Waals surface area contributed by atoms with Crippen molar-refractivity contribution >= 4 is 17.7 Å². The number of carbonyl (C=O) groups excluding carboxylic acids is 1. The van der Waals surface area contributed by atoms with Crippen LogP contribution in [0.15, 0.2) is 52.1 Å². The molecule has 0 aliphatic heterocycles. The van der Waals surface area contributed by atoms with Crippen molar-refractivity contribution in [1.29, 1.82) is 0 Å². The standard InChI is InChI=1S/C23H27N3O5S/c1-4-29-19-11-6-16(14-20(19)30-5-2)12-13-24-21(27)15-32-23-26-25-22(31-23)17-7-9-18(28-3)10-8-17/h6-11,14H,4-5,12-13,15H2,1-3H3,(H,24,27). The molecule has 0 saturated heterocycles. The lowest BCUT2D eigenvalue weighted by molar-refractivity contribution is -0.118. The van der Waals surface area contributed by atoms with Crippen LogP contribution in [0.2, 0.25) is 0 Å². The fraction of sp³-hybridized carbons (Fsp3) is 0.348. The van der Waals surface area contributed by atoms with Gasteiger partial charge in [0.15, 0.2) is 11.5 Å². The van der Waals surface area contributed by atoms with E-state index in [1.165, 1.54) is 11.8 Å². The van der Waals surface area contributed by atoms with Crippen LogP contribution in [-0.2, 0) is 11.2 Å². The number of rotatable bonds is 12. The Kier molecular flexibility index (Phi) is 8.79. The second-order valence-corrected chi connectivity index (χ2v) is 7.56. The summed E-state index contributed by atoms with van der Waals surface area (Å²) in [5, 5.41) is 11.3. The van der Waals surface area contributed by atoms with Gasteiger partial charge in [0.05, 0.1) is 26.1 Å². The molecule has 3 rings (SSSR count). The molecule has 0 spiro atoms. The number of hydrogen-bond acceptors (Lipinski definition) is 8. The van der Waals surface area contributed by atoms with Crippen LogP contribution < -0.4 is 19.5 Å². The van der Waals surface area contributed by atoms with E-state index in [0.717, 1.165) is 28.4 Å². The van der Waals surface area contributed by atoms with E-state index in [4.69, 9.17) is 18.6 Å². The Morgan fingerprint density at radius 3 is 2.50 bits per heavy atom. The van der Waals surface area contributed by atoms with Gasteiger partial charge in [-0.2, -0.15) is 0 Å². The van der Waals surface area contributed by atoms with Crippen molar-refractivity contribution in [3.05, 3.63) is 48.0 Å². The minimum Gasteiger partial charge on any atom is -0.497 e. The van der Waals surface area contributed by atoms with Crippen LogP contribution in [0.25, 0.3) is 11.5 Å². The minimum absolute atomic E-state index is 0.102. The molecule has 170 valence electrons. The highest BCUT2D eigenvalue weighted by molar-refractivity contribution is 7.99. The van der Waals surface area contributed by atoms with Crippen molar-refractivity contribution in [2.75, 3.05) is 32.6 Å². The molecule has 0 radical (unpaired) electrons. The lowest BCUT2D eigenvalue weighted by atomic mass is 10.1. The Morgan fingerprint density at radius 2 is 1.78 bits per heavy atom. The molecule has 1 amide bonds. The molecule has 0 atom stereocenters. The molecular weight excluding hydrogens is 430 g/mol. The van der Waals surface area contributed by atoms with Gasteiger partial charge in [-0.25, -0.2) is 0 Å². The van der Waals surface area contributed by atoms with Crippen molar-refractivity contribution in [1.82, 2.24) is 15.5 Å². The first-order valence-electron chi connectivity index (χ1n) is 10.4. The molecule has 0 aliphatic carbocycles. The largest absolute Gasteiger partial charge is 0.497 e. The fourth-order valence-corrected chi connectivity index (χ4v) is 3.49. The highest BCUT2D eigenvalue weighted by atomic mass is 32.2. The zero-order valence-corrected chi connectivity index (χ0v) is 19.2. The van der Waals surface area contributed by atoms with Crippen molar-refractivity contribution in [2.24, 2.45) is 0 Å². The summed E-state index contributed by atoms with van der Waals surface area (Å²) in [4.78, 5) is 12.2. The zero-order valence-electron chi connectivity index (χ0n) is 18.4. The molecule has 1 aromatic heterocycles. The van der Waals surface area contributed by atoms with Crippen molar-refractivity contribution in [2.45, 2.75) is 25.5 Å². The van der Waals surface area contributed by atoms with Gasteiger partial charge >= 0.3 is 0 Å². The van der Waals surface area contributed by atoms with Gasteiger partial charge in [0, 0.05) is 12.1 Å². The summed E-state index contributed by atoms with van der Waals surface area (Å²) in [6.07, 6.45) is 0.686. The molecule has 1 N–H and O–H groups in total. The minimum atomic E-state index is -0.102.